The van der Waals surface area contributed by atoms with Gasteiger partial charge in [0, 0.05) is 31.0 Å². The molecule has 3 aromatic rings. The molecule has 0 unspecified atom stereocenters. The summed E-state index contributed by atoms with van der Waals surface area (Å²) < 4.78 is 6.07. The summed E-state index contributed by atoms with van der Waals surface area (Å²) in [4.78, 5) is 24.9. The van der Waals surface area contributed by atoms with Gasteiger partial charge < -0.3 is 30.5 Å². The van der Waals surface area contributed by atoms with Crippen LogP contribution in [0.5, 0.6) is 5.75 Å². The summed E-state index contributed by atoms with van der Waals surface area (Å²) in [7, 11) is 4.04. The Bertz CT molecular complexity index is 1160. The molecule has 37 heavy (non-hydrogen) atoms. The fourth-order valence-corrected chi connectivity index (χ4v) is 3.59. The Morgan fingerprint density at radius 3 is 1.97 bits per heavy atom. The van der Waals surface area contributed by atoms with Crippen LogP contribution in [-0.4, -0.2) is 61.5 Å². The number of rotatable bonds is 12. The highest BCUT2D eigenvalue weighted by Gasteiger charge is 2.17. The highest BCUT2D eigenvalue weighted by molar-refractivity contribution is 5.94. The first-order chi connectivity index (χ1) is 17.6. The molecule has 0 aliphatic rings. The average Bonchev–Trinajstić information content (AvgIpc) is 2.90. The van der Waals surface area contributed by atoms with Gasteiger partial charge in [0.1, 0.15) is 12.4 Å². The van der Waals surface area contributed by atoms with Crippen LogP contribution in [0.1, 0.15) is 24.2 Å². The van der Waals surface area contributed by atoms with Crippen molar-refractivity contribution in [3.05, 3.63) is 78.4 Å². The van der Waals surface area contributed by atoms with Crippen LogP contribution in [0.15, 0.2) is 72.8 Å². The van der Waals surface area contributed by atoms with E-state index in [9.17, 15) is 14.7 Å². The molecule has 0 saturated carbocycles. The normalized spacial score (nSPS) is 12.5. The Kier molecular flexibility index (Phi) is 9.51. The zero-order valence-corrected chi connectivity index (χ0v) is 21.6. The van der Waals surface area contributed by atoms with E-state index < -0.39 is 18.0 Å². The molecule has 0 radical (unpaired) electrons. The third-order valence-electron chi connectivity index (χ3n) is 6.05. The SMILES string of the molecule is CC(C)[C@@H](COc1ccc(-c2ccc(N(C)C)cc2)cc1)Nc1ccc(C(=O)NC[C@@H](O)C(=O)O)cc1. The summed E-state index contributed by atoms with van der Waals surface area (Å²) in [5, 5.41) is 23.9. The fraction of sp³-hybridized carbons (Fsp3) is 0.310. The summed E-state index contributed by atoms with van der Waals surface area (Å²) >= 11 is 0. The maximum atomic E-state index is 12.2. The van der Waals surface area contributed by atoms with Gasteiger partial charge in [0.05, 0.1) is 12.6 Å². The largest absolute Gasteiger partial charge is 0.491 e. The molecular formula is C29H35N3O5. The number of amides is 1. The van der Waals surface area contributed by atoms with Crippen molar-refractivity contribution in [3.63, 3.8) is 0 Å². The summed E-state index contributed by atoms with van der Waals surface area (Å²) in [6.45, 7) is 4.32. The van der Waals surface area contributed by atoms with Crippen LogP contribution in [0.4, 0.5) is 11.4 Å². The topological polar surface area (TPSA) is 111 Å². The van der Waals surface area contributed by atoms with Crippen LogP contribution in [0.25, 0.3) is 11.1 Å². The van der Waals surface area contributed by atoms with Crippen molar-refractivity contribution in [1.29, 1.82) is 0 Å². The molecule has 2 atom stereocenters. The highest BCUT2D eigenvalue weighted by atomic mass is 16.5. The third kappa shape index (κ3) is 7.98. The molecule has 0 aromatic heterocycles. The first-order valence-electron chi connectivity index (χ1n) is 12.2. The molecule has 1 amide bonds. The van der Waals surface area contributed by atoms with Crippen LogP contribution >= 0.6 is 0 Å². The number of ether oxygens (including phenoxy) is 1. The molecule has 0 spiro atoms. The van der Waals surface area contributed by atoms with Crippen molar-refractivity contribution in [2.75, 3.05) is 37.5 Å². The number of nitrogens with zero attached hydrogens (tertiary/aromatic N) is 1. The van der Waals surface area contributed by atoms with Crippen LogP contribution in [0.3, 0.4) is 0 Å². The monoisotopic (exact) mass is 505 g/mol. The number of aliphatic carboxylic acids is 1. The van der Waals surface area contributed by atoms with Gasteiger partial charge in [-0.3, -0.25) is 4.79 Å². The van der Waals surface area contributed by atoms with Crippen molar-refractivity contribution < 1.29 is 24.5 Å². The van der Waals surface area contributed by atoms with Crippen molar-refractivity contribution in [2.45, 2.75) is 26.0 Å². The van der Waals surface area contributed by atoms with Crippen molar-refractivity contribution in [2.24, 2.45) is 5.92 Å². The molecule has 3 aromatic carbocycles. The summed E-state index contributed by atoms with van der Waals surface area (Å²) in [6, 6.07) is 23.4. The zero-order valence-electron chi connectivity index (χ0n) is 21.6. The zero-order chi connectivity index (χ0) is 26.9. The number of aliphatic hydroxyl groups excluding tert-OH is 1. The third-order valence-corrected chi connectivity index (χ3v) is 6.05. The predicted molar refractivity (Wildman–Crippen MR) is 146 cm³/mol. The van der Waals surface area contributed by atoms with E-state index in [0.29, 0.717) is 12.2 Å². The second-order valence-electron chi connectivity index (χ2n) is 9.41. The number of nitrogens with one attached hydrogen (secondary N) is 2. The second-order valence-corrected chi connectivity index (χ2v) is 9.41. The molecule has 0 aliphatic carbocycles. The van der Waals surface area contributed by atoms with Gasteiger partial charge in [-0.25, -0.2) is 4.79 Å². The van der Waals surface area contributed by atoms with E-state index in [1.165, 1.54) is 0 Å². The number of benzene rings is 3. The van der Waals surface area contributed by atoms with Gasteiger partial charge in [-0.2, -0.15) is 0 Å². The Morgan fingerprint density at radius 2 is 1.46 bits per heavy atom. The van der Waals surface area contributed by atoms with Gasteiger partial charge in [-0.15, -0.1) is 0 Å². The summed E-state index contributed by atoms with van der Waals surface area (Å²) in [5.41, 5.74) is 4.63. The lowest BCUT2D eigenvalue weighted by molar-refractivity contribution is -0.146. The Labute approximate surface area is 217 Å². The lowest BCUT2D eigenvalue weighted by Gasteiger charge is -2.24. The lowest BCUT2D eigenvalue weighted by Crippen LogP contribution is -2.36. The van der Waals surface area contributed by atoms with Gasteiger partial charge in [0.25, 0.3) is 5.91 Å². The van der Waals surface area contributed by atoms with Crippen molar-refractivity contribution in [3.8, 4) is 16.9 Å². The Hall–Kier alpha value is -4.04. The molecule has 0 aliphatic heterocycles. The van der Waals surface area contributed by atoms with Gasteiger partial charge in [-0.05, 0) is 65.6 Å². The number of hydrogen-bond acceptors (Lipinski definition) is 6. The highest BCUT2D eigenvalue weighted by Crippen LogP contribution is 2.25. The summed E-state index contributed by atoms with van der Waals surface area (Å²) in [6.07, 6.45) is -1.64. The molecule has 0 saturated heterocycles. The predicted octanol–water partition coefficient (Wildman–Crippen LogP) is 4.11. The van der Waals surface area contributed by atoms with Crippen LogP contribution in [-0.2, 0) is 4.79 Å². The maximum Gasteiger partial charge on any atom is 0.334 e. The smallest absolute Gasteiger partial charge is 0.334 e. The van der Waals surface area contributed by atoms with Crippen LogP contribution in [0, 0.1) is 5.92 Å². The first-order valence-corrected chi connectivity index (χ1v) is 12.2. The van der Waals surface area contributed by atoms with Crippen LogP contribution < -0.4 is 20.3 Å². The van der Waals surface area contributed by atoms with Gasteiger partial charge in [-0.1, -0.05) is 38.1 Å². The summed E-state index contributed by atoms with van der Waals surface area (Å²) in [5.74, 6) is -0.757. The number of aliphatic hydroxyl groups is 1. The minimum atomic E-state index is -1.64. The number of carbonyl (C=O) groups is 2. The van der Waals surface area contributed by atoms with Gasteiger partial charge in [0.2, 0.25) is 0 Å². The van der Waals surface area contributed by atoms with E-state index in [4.69, 9.17) is 9.84 Å². The maximum absolute atomic E-state index is 12.2. The standard InChI is InChI=1S/C29H35N3O5/c1-19(2)26(31-23-11-5-22(6-12-23)28(34)30-17-27(33)29(35)36)18-37-25-15-9-21(10-16-25)20-7-13-24(14-8-20)32(3)4/h5-16,19,26-27,31,33H,17-18H2,1-4H3,(H,30,34)(H,35,36)/t26-,27-/m1/s1. The number of carbonyl (C=O) groups excluding carboxylic acids is 1. The molecule has 0 bridgehead atoms. The molecule has 3 rings (SSSR count). The number of carboxylic acids is 1. The molecule has 0 fully saturated rings. The van der Waals surface area contributed by atoms with Gasteiger partial charge >= 0.3 is 5.97 Å². The molecule has 8 heteroatoms. The number of hydrogen-bond donors (Lipinski definition) is 4. The first kappa shape index (κ1) is 27.5. The quantitative estimate of drug-likeness (QED) is 0.293. The van der Waals surface area contributed by atoms with E-state index in [1.807, 2.05) is 26.2 Å². The molecule has 0 heterocycles. The van der Waals surface area contributed by atoms with E-state index >= 15 is 0 Å². The van der Waals surface area contributed by atoms with E-state index in [-0.39, 0.29) is 18.5 Å². The van der Waals surface area contributed by atoms with Gasteiger partial charge in [0.15, 0.2) is 6.10 Å². The Balaban J connectivity index is 1.55. The van der Waals surface area contributed by atoms with E-state index in [0.717, 1.165) is 28.3 Å². The number of carboxylic acid groups (broad SMARTS) is 1. The molecule has 8 nitrogen and oxygen atoms in total. The Morgan fingerprint density at radius 1 is 0.892 bits per heavy atom. The number of anilines is 2. The van der Waals surface area contributed by atoms with E-state index in [2.05, 4.69) is 65.8 Å². The minimum Gasteiger partial charge on any atom is -0.491 e. The molecule has 4 N–H and O–H groups in total. The molecule has 196 valence electrons. The molecular weight excluding hydrogens is 470 g/mol. The van der Waals surface area contributed by atoms with Crippen molar-refractivity contribution in [1.82, 2.24) is 5.32 Å². The van der Waals surface area contributed by atoms with E-state index in [1.54, 1.807) is 24.3 Å². The fourth-order valence-electron chi connectivity index (χ4n) is 3.59. The lowest BCUT2D eigenvalue weighted by atomic mass is 10.0. The second kappa shape index (κ2) is 12.8. The minimum absolute atomic E-state index is 0.0312. The van der Waals surface area contributed by atoms with Crippen LogP contribution in [0.2, 0.25) is 0 Å². The van der Waals surface area contributed by atoms with Crippen molar-refractivity contribution >= 4 is 23.3 Å². The average molecular weight is 506 g/mol.